The largest absolute Gasteiger partial charge is 0.481 e. The number of carboxylic acids is 1. The minimum absolute atomic E-state index is 0.0153. The lowest BCUT2D eigenvalue weighted by Gasteiger charge is -2.01. The summed E-state index contributed by atoms with van der Waals surface area (Å²) in [5, 5.41) is 8.49. The molecule has 0 aromatic heterocycles. The van der Waals surface area contributed by atoms with Crippen LogP contribution >= 0.6 is 0 Å². The highest BCUT2D eigenvalue weighted by molar-refractivity contribution is 5.98. The van der Waals surface area contributed by atoms with Gasteiger partial charge in [0, 0.05) is 20.0 Å². The van der Waals surface area contributed by atoms with Crippen LogP contribution in [0.5, 0.6) is 0 Å². The lowest BCUT2D eigenvalue weighted by Crippen LogP contribution is -2.05. The van der Waals surface area contributed by atoms with Gasteiger partial charge in [-0.25, -0.2) is 0 Å². The third kappa shape index (κ3) is 6.53. The molecule has 0 saturated heterocycles. The molecule has 0 aromatic carbocycles. The van der Waals surface area contributed by atoms with E-state index in [-0.39, 0.29) is 18.3 Å². The van der Waals surface area contributed by atoms with Gasteiger partial charge in [-0.1, -0.05) is 25.7 Å². The maximum atomic E-state index is 11.6. The summed E-state index contributed by atoms with van der Waals surface area (Å²) in [5.41, 5.74) is 0.928. The maximum absolute atomic E-state index is 11.6. The average molecular weight is 268 g/mol. The second kappa shape index (κ2) is 8.86. The number of Topliss-reactive ketones (excluding diaryl/α,β-unsaturated/α-hetero) is 1. The van der Waals surface area contributed by atoms with Crippen LogP contribution in [-0.2, 0) is 14.3 Å². The molecular weight excluding hydrogens is 244 g/mol. The van der Waals surface area contributed by atoms with E-state index in [4.69, 9.17) is 9.84 Å². The molecule has 4 heteroatoms. The third-order valence-electron chi connectivity index (χ3n) is 3.52. The van der Waals surface area contributed by atoms with Crippen molar-refractivity contribution in [1.82, 2.24) is 0 Å². The first-order valence-corrected chi connectivity index (χ1v) is 7.12. The molecule has 0 amide bonds. The predicted molar refractivity (Wildman–Crippen MR) is 73.1 cm³/mol. The Morgan fingerprint density at radius 3 is 2.47 bits per heavy atom. The highest BCUT2D eigenvalue weighted by Gasteiger charge is 2.22. The van der Waals surface area contributed by atoms with Gasteiger partial charge >= 0.3 is 5.97 Å². The number of ketones is 1. The van der Waals surface area contributed by atoms with Crippen molar-refractivity contribution < 1.29 is 19.4 Å². The molecule has 19 heavy (non-hydrogen) atoms. The van der Waals surface area contributed by atoms with Gasteiger partial charge < -0.3 is 9.84 Å². The van der Waals surface area contributed by atoms with Crippen molar-refractivity contribution in [3.8, 4) is 0 Å². The van der Waals surface area contributed by atoms with Gasteiger partial charge in [-0.15, -0.1) is 0 Å². The number of allylic oxidation sites excluding steroid dienone is 1. The van der Waals surface area contributed by atoms with Gasteiger partial charge in [-0.05, 0) is 30.9 Å². The zero-order valence-corrected chi connectivity index (χ0v) is 11.7. The number of carbonyl (C=O) groups excluding carboxylic acids is 1. The fourth-order valence-electron chi connectivity index (χ4n) is 2.36. The molecule has 108 valence electrons. The minimum atomic E-state index is -0.709. The highest BCUT2D eigenvalue weighted by Crippen LogP contribution is 2.22. The summed E-state index contributed by atoms with van der Waals surface area (Å²) in [6.07, 6.45) is 9.68. The first kappa shape index (κ1) is 15.9. The summed E-state index contributed by atoms with van der Waals surface area (Å²) in [5.74, 6) is -0.479. The molecule has 0 bridgehead atoms. The normalized spacial score (nSPS) is 18.7. The smallest absolute Gasteiger partial charge is 0.303 e. The van der Waals surface area contributed by atoms with Crippen LogP contribution in [0, 0.1) is 0 Å². The van der Waals surface area contributed by atoms with Crippen LogP contribution in [0.25, 0.3) is 0 Å². The molecule has 0 aliphatic heterocycles. The van der Waals surface area contributed by atoms with Gasteiger partial charge in [-0.3, -0.25) is 9.59 Å². The van der Waals surface area contributed by atoms with E-state index in [9.17, 15) is 9.59 Å². The average Bonchev–Trinajstić information content (AvgIpc) is 2.73. The lowest BCUT2D eigenvalue weighted by molar-refractivity contribution is -0.137. The summed E-state index contributed by atoms with van der Waals surface area (Å²) in [6, 6.07) is 0. The quantitative estimate of drug-likeness (QED) is 0.618. The van der Waals surface area contributed by atoms with Crippen molar-refractivity contribution in [2.45, 2.75) is 63.9 Å². The molecule has 1 unspecified atom stereocenters. The van der Waals surface area contributed by atoms with Gasteiger partial charge in [0.2, 0.25) is 0 Å². The van der Waals surface area contributed by atoms with E-state index < -0.39 is 5.97 Å². The van der Waals surface area contributed by atoms with Crippen LogP contribution in [0.15, 0.2) is 11.6 Å². The molecule has 1 N–H and O–H groups in total. The first-order chi connectivity index (χ1) is 9.13. The fraction of sp³-hybridized carbons (Fsp3) is 0.733. The monoisotopic (exact) mass is 268 g/mol. The fourth-order valence-corrected chi connectivity index (χ4v) is 2.36. The van der Waals surface area contributed by atoms with Gasteiger partial charge in [0.05, 0.1) is 6.10 Å². The molecule has 0 spiro atoms. The number of rotatable bonds is 10. The Kier molecular flexibility index (Phi) is 7.41. The summed E-state index contributed by atoms with van der Waals surface area (Å²) < 4.78 is 5.16. The van der Waals surface area contributed by atoms with Crippen molar-refractivity contribution in [1.29, 1.82) is 0 Å². The van der Waals surface area contributed by atoms with E-state index >= 15 is 0 Å². The maximum Gasteiger partial charge on any atom is 0.303 e. The third-order valence-corrected chi connectivity index (χ3v) is 3.52. The Hall–Kier alpha value is -1.16. The van der Waals surface area contributed by atoms with Crippen LogP contribution in [-0.4, -0.2) is 30.1 Å². The first-order valence-electron chi connectivity index (χ1n) is 7.12. The summed E-state index contributed by atoms with van der Waals surface area (Å²) in [6.45, 7) is 0. The number of unbranched alkanes of at least 4 members (excludes halogenated alkanes) is 5. The van der Waals surface area contributed by atoms with Crippen molar-refractivity contribution in [3.05, 3.63) is 11.6 Å². The minimum Gasteiger partial charge on any atom is -0.481 e. The second-order valence-electron chi connectivity index (χ2n) is 5.11. The van der Waals surface area contributed by atoms with E-state index in [1.165, 1.54) is 0 Å². The van der Waals surface area contributed by atoms with Crippen LogP contribution in [0.1, 0.15) is 57.8 Å². The van der Waals surface area contributed by atoms with Crippen LogP contribution in [0.3, 0.4) is 0 Å². The second-order valence-corrected chi connectivity index (χ2v) is 5.11. The molecule has 1 aliphatic rings. The molecule has 0 saturated carbocycles. The van der Waals surface area contributed by atoms with Crippen LogP contribution in [0.2, 0.25) is 0 Å². The Morgan fingerprint density at radius 1 is 1.26 bits per heavy atom. The standard InChI is InChI=1S/C15H24O4/c1-19-13-10-12(14(16)11-13)8-6-4-2-3-5-7-9-15(17)18/h10,13H,2-9,11H2,1H3,(H,17,18). The lowest BCUT2D eigenvalue weighted by atomic mass is 10.0. The molecule has 1 rings (SSSR count). The highest BCUT2D eigenvalue weighted by atomic mass is 16.5. The van der Waals surface area contributed by atoms with Gasteiger partial charge in [0.1, 0.15) is 0 Å². The topological polar surface area (TPSA) is 63.6 Å². The summed E-state index contributed by atoms with van der Waals surface area (Å²) in [4.78, 5) is 21.9. The molecular formula is C15H24O4. The zero-order chi connectivity index (χ0) is 14.1. The van der Waals surface area contributed by atoms with E-state index in [0.29, 0.717) is 6.42 Å². The number of carbonyl (C=O) groups is 2. The molecule has 0 radical (unpaired) electrons. The SMILES string of the molecule is COC1C=C(CCCCCCCCC(=O)O)C(=O)C1. The summed E-state index contributed by atoms with van der Waals surface area (Å²) >= 11 is 0. The van der Waals surface area contributed by atoms with Gasteiger partial charge in [0.15, 0.2) is 5.78 Å². The Balaban J connectivity index is 1.99. The predicted octanol–water partition coefficient (Wildman–Crippen LogP) is 3.11. The Morgan fingerprint density at radius 2 is 1.89 bits per heavy atom. The van der Waals surface area contributed by atoms with E-state index in [1.54, 1.807) is 7.11 Å². The molecule has 0 aromatic rings. The number of carboxylic acid groups (broad SMARTS) is 1. The molecule has 1 atom stereocenters. The van der Waals surface area contributed by atoms with Crippen molar-refractivity contribution in [2.24, 2.45) is 0 Å². The molecule has 4 nitrogen and oxygen atoms in total. The number of hydrogen-bond acceptors (Lipinski definition) is 3. The number of methoxy groups -OCH3 is 1. The number of hydrogen-bond donors (Lipinski definition) is 1. The van der Waals surface area contributed by atoms with Gasteiger partial charge in [-0.2, -0.15) is 0 Å². The Bertz CT molecular complexity index is 333. The van der Waals surface area contributed by atoms with E-state index in [1.807, 2.05) is 6.08 Å². The molecule has 0 fully saturated rings. The zero-order valence-electron chi connectivity index (χ0n) is 11.7. The van der Waals surface area contributed by atoms with Crippen molar-refractivity contribution in [3.63, 3.8) is 0 Å². The van der Waals surface area contributed by atoms with Crippen LogP contribution in [0.4, 0.5) is 0 Å². The van der Waals surface area contributed by atoms with Crippen molar-refractivity contribution in [2.75, 3.05) is 7.11 Å². The molecule has 1 aliphatic carbocycles. The number of aliphatic carboxylic acids is 1. The van der Waals surface area contributed by atoms with Crippen LogP contribution < -0.4 is 0 Å². The van der Waals surface area contributed by atoms with E-state index in [0.717, 1.165) is 50.5 Å². The van der Waals surface area contributed by atoms with E-state index in [2.05, 4.69) is 0 Å². The summed E-state index contributed by atoms with van der Waals surface area (Å²) in [7, 11) is 1.63. The number of ether oxygens (including phenoxy) is 1. The van der Waals surface area contributed by atoms with Crippen molar-refractivity contribution >= 4 is 11.8 Å². The molecule has 0 heterocycles. The Labute approximate surface area is 114 Å². The van der Waals surface area contributed by atoms with Gasteiger partial charge in [0.25, 0.3) is 0 Å².